The molecule has 0 aliphatic heterocycles. The summed E-state index contributed by atoms with van der Waals surface area (Å²) >= 11 is 0. The Hall–Kier alpha value is -2.15. The van der Waals surface area contributed by atoms with Gasteiger partial charge in [0.25, 0.3) is 0 Å². The Morgan fingerprint density at radius 3 is 2.39 bits per heavy atom. The van der Waals surface area contributed by atoms with E-state index in [9.17, 15) is 13.2 Å². The quantitative estimate of drug-likeness (QED) is 0.684. The molecule has 148 valence electrons. The minimum absolute atomic E-state index is 0.0512. The summed E-state index contributed by atoms with van der Waals surface area (Å²) < 4.78 is 28.1. The van der Waals surface area contributed by atoms with Crippen LogP contribution < -0.4 is 0 Å². The van der Waals surface area contributed by atoms with E-state index in [0.717, 1.165) is 49.8 Å². The first-order valence-electron chi connectivity index (χ1n) is 10.2. The lowest BCUT2D eigenvalue weighted by Gasteiger charge is -2.23. The molecule has 0 N–H and O–H groups in total. The van der Waals surface area contributed by atoms with Gasteiger partial charge in [-0.2, -0.15) is 0 Å². The lowest BCUT2D eigenvalue weighted by Crippen LogP contribution is -2.34. The molecule has 6 nitrogen and oxygen atoms in total. The molecule has 7 heteroatoms. The third-order valence-electron chi connectivity index (χ3n) is 5.76. The summed E-state index contributed by atoms with van der Waals surface area (Å²) in [4.78, 5) is 19.0. The highest BCUT2D eigenvalue weighted by atomic mass is 32.2. The van der Waals surface area contributed by atoms with Crippen molar-refractivity contribution >= 4 is 15.7 Å². The molecule has 0 spiro atoms. The van der Waals surface area contributed by atoms with Gasteiger partial charge in [0.05, 0.1) is 24.2 Å². The third-order valence-corrected chi connectivity index (χ3v) is 7.33. The van der Waals surface area contributed by atoms with Crippen LogP contribution in [0.2, 0.25) is 0 Å². The number of hydrogen-bond donors (Lipinski definition) is 0. The number of carbonyl (C=O) groups excluding carboxylic acids is 1. The maximum absolute atomic E-state index is 13.1. The summed E-state index contributed by atoms with van der Waals surface area (Å²) in [7, 11) is -3.54. The Bertz CT molecular complexity index is 987. The largest absolute Gasteiger partial charge is 0.334 e. The van der Waals surface area contributed by atoms with E-state index in [2.05, 4.69) is 4.98 Å². The summed E-state index contributed by atoms with van der Waals surface area (Å²) in [5, 5.41) is 0.156. The molecule has 2 aromatic rings. The Balaban J connectivity index is 1.44. The number of carbonyl (C=O) groups is 1. The molecule has 1 aromatic heterocycles. The molecule has 3 aliphatic rings. The molecule has 3 aliphatic carbocycles. The number of amides is 1. The second-order valence-corrected chi connectivity index (χ2v) is 10.2. The normalized spacial score (nSPS) is 19.6. The fraction of sp³-hybridized carbons (Fsp3) is 0.524. The number of sulfone groups is 1. The maximum atomic E-state index is 13.1. The van der Waals surface area contributed by atoms with Gasteiger partial charge in [0.2, 0.25) is 20.9 Å². The smallest absolute Gasteiger partial charge is 0.228 e. The van der Waals surface area contributed by atoms with E-state index in [0.29, 0.717) is 12.6 Å². The van der Waals surface area contributed by atoms with Gasteiger partial charge < -0.3 is 9.47 Å². The van der Waals surface area contributed by atoms with Gasteiger partial charge in [0, 0.05) is 18.0 Å². The van der Waals surface area contributed by atoms with Gasteiger partial charge in [-0.3, -0.25) is 4.79 Å². The van der Waals surface area contributed by atoms with Gasteiger partial charge in [-0.1, -0.05) is 30.3 Å². The molecule has 1 heterocycles. The molecule has 5 rings (SSSR count). The van der Waals surface area contributed by atoms with E-state index in [1.165, 1.54) is 0 Å². The molecule has 0 bridgehead atoms. The van der Waals surface area contributed by atoms with Gasteiger partial charge in [-0.05, 0) is 44.1 Å². The predicted octanol–water partition coefficient (Wildman–Crippen LogP) is 3.09. The second-order valence-electron chi connectivity index (χ2n) is 8.35. The summed E-state index contributed by atoms with van der Waals surface area (Å²) in [5.41, 5.74) is 1.62. The topological polar surface area (TPSA) is 72.3 Å². The van der Waals surface area contributed by atoms with Gasteiger partial charge in [0.15, 0.2) is 0 Å². The number of benzene rings is 1. The highest BCUT2D eigenvalue weighted by Crippen LogP contribution is 2.41. The van der Waals surface area contributed by atoms with Crippen molar-refractivity contribution in [2.45, 2.75) is 68.1 Å². The molecule has 0 saturated heterocycles. The van der Waals surface area contributed by atoms with E-state index in [-0.39, 0.29) is 28.8 Å². The van der Waals surface area contributed by atoms with E-state index < -0.39 is 9.84 Å². The summed E-state index contributed by atoms with van der Waals surface area (Å²) in [6.07, 6.45) is 7.69. The van der Waals surface area contributed by atoms with E-state index in [4.69, 9.17) is 0 Å². The van der Waals surface area contributed by atoms with Crippen LogP contribution in [0, 0.1) is 5.92 Å². The van der Waals surface area contributed by atoms with Gasteiger partial charge in [0.1, 0.15) is 0 Å². The molecule has 1 amide bonds. The highest BCUT2D eigenvalue weighted by Gasteiger charge is 2.41. The first kappa shape index (κ1) is 17.9. The van der Waals surface area contributed by atoms with Crippen LogP contribution in [0.5, 0.6) is 0 Å². The second kappa shape index (κ2) is 6.72. The maximum Gasteiger partial charge on any atom is 0.228 e. The zero-order valence-corrected chi connectivity index (χ0v) is 16.6. The summed E-state index contributed by atoms with van der Waals surface area (Å²) in [5.74, 6) is 0.364. The van der Waals surface area contributed by atoms with Crippen molar-refractivity contribution in [2.24, 2.45) is 5.92 Å². The lowest BCUT2D eigenvalue weighted by molar-refractivity contribution is -0.133. The van der Waals surface area contributed by atoms with Crippen LogP contribution in [0.25, 0.3) is 0 Å². The van der Waals surface area contributed by atoms with Crippen LogP contribution >= 0.6 is 0 Å². The summed E-state index contributed by atoms with van der Waals surface area (Å²) in [6, 6.07) is 9.73. The SMILES string of the molecule is O=C(C1CC1)N(Cc1cnc(S(=O)(=O)Cc2ccccc2)n1C1CC1)C1CC1. The molecular weight excluding hydrogens is 374 g/mol. The fourth-order valence-electron chi connectivity index (χ4n) is 3.82. The number of hydrogen-bond acceptors (Lipinski definition) is 4. The minimum atomic E-state index is -3.54. The molecule has 3 fully saturated rings. The summed E-state index contributed by atoms with van der Waals surface area (Å²) in [6.45, 7) is 0.477. The molecule has 0 atom stereocenters. The zero-order valence-electron chi connectivity index (χ0n) is 15.8. The van der Waals surface area contributed by atoms with Crippen molar-refractivity contribution in [2.75, 3.05) is 0 Å². The number of aromatic nitrogens is 2. The van der Waals surface area contributed by atoms with Crippen molar-refractivity contribution in [1.29, 1.82) is 0 Å². The standard InChI is InChI=1S/C21H25N3O3S/c25-20(16-6-7-16)23(17-8-9-17)13-19-12-22-21(24(19)18-10-11-18)28(26,27)14-15-4-2-1-3-5-15/h1-5,12,16-18H,6-11,13-14H2. The van der Waals surface area contributed by atoms with Crippen molar-refractivity contribution in [3.8, 4) is 0 Å². The first-order valence-corrected chi connectivity index (χ1v) is 11.8. The Morgan fingerprint density at radius 1 is 1.07 bits per heavy atom. The van der Waals surface area contributed by atoms with Crippen molar-refractivity contribution in [3.05, 3.63) is 47.8 Å². The van der Waals surface area contributed by atoms with Crippen LogP contribution in [0.1, 0.15) is 55.8 Å². The number of rotatable bonds is 8. The van der Waals surface area contributed by atoms with Crippen LogP contribution in [-0.2, 0) is 26.9 Å². The van der Waals surface area contributed by atoms with Crippen LogP contribution in [0.15, 0.2) is 41.7 Å². The predicted molar refractivity (Wildman–Crippen MR) is 104 cm³/mol. The van der Waals surface area contributed by atoms with Crippen molar-refractivity contribution < 1.29 is 13.2 Å². The van der Waals surface area contributed by atoms with E-state index in [1.807, 2.05) is 39.8 Å². The van der Waals surface area contributed by atoms with E-state index in [1.54, 1.807) is 6.20 Å². The average Bonchev–Trinajstić information content (AvgIpc) is 3.53. The van der Waals surface area contributed by atoms with Crippen LogP contribution in [0.4, 0.5) is 0 Å². The zero-order chi connectivity index (χ0) is 19.3. The first-order chi connectivity index (χ1) is 13.5. The average molecular weight is 400 g/mol. The monoisotopic (exact) mass is 399 g/mol. The Labute approximate surface area is 165 Å². The van der Waals surface area contributed by atoms with Crippen LogP contribution in [0.3, 0.4) is 0 Å². The molecular formula is C21H25N3O3S. The molecule has 0 unspecified atom stereocenters. The lowest BCUT2D eigenvalue weighted by atomic mass is 10.2. The fourth-order valence-corrected chi connectivity index (χ4v) is 5.36. The highest BCUT2D eigenvalue weighted by molar-refractivity contribution is 7.90. The number of imidazole rings is 1. The van der Waals surface area contributed by atoms with Gasteiger partial charge in [-0.25, -0.2) is 13.4 Å². The third kappa shape index (κ3) is 3.60. The molecule has 3 saturated carbocycles. The van der Waals surface area contributed by atoms with Gasteiger partial charge in [-0.15, -0.1) is 0 Å². The van der Waals surface area contributed by atoms with Gasteiger partial charge >= 0.3 is 0 Å². The number of nitrogens with zero attached hydrogens (tertiary/aromatic N) is 3. The van der Waals surface area contributed by atoms with Crippen molar-refractivity contribution in [1.82, 2.24) is 14.5 Å². The van der Waals surface area contributed by atoms with Crippen molar-refractivity contribution in [3.63, 3.8) is 0 Å². The molecule has 1 aromatic carbocycles. The van der Waals surface area contributed by atoms with E-state index >= 15 is 0 Å². The minimum Gasteiger partial charge on any atom is -0.334 e. The Kier molecular flexibility index (Phi) is 4.30. The molecule has 0 radical (unpaired) electrons. The van der Waals surface area contributed by atoms with Crippen LogP contribution in [-0.4, -0.2) is 34.8 Å². The Morgan fingerprint density at radius 2 is 1.79 bits per heavy atom. The molecule has 28 heavy (non-hydrogen) atoms.